The Morgan fingerprint density at radius 3 is 2.55 bits per heavy atom. The highest BCUT2D eigenvalue weighted by Gasteiger charge is 2.16. The number of hydrogen-bond donors (Lipinski definition) is 0. The number of hydrogen-bond acceptors (Lipinski definition) is 5. The molecular weight excluding hydrogens is 390 g/mol. The Morgan fingerprint density at radius 1 is 1.00 bits per heavy atom. The molecule has 5 rings (SSSR count). The van der Waals surface area contributed by atoms with Gasteiger partial charge >= 0.3 is 0 Å². The van der Waals surface area contributed by atoms with Crippen molar-refractivity contribution in [2.24, 2.45) is 5.10 Å². The van der Waals surface area contributed by atoms with Gasteiger partial charge in [-0.3, -0.25) is 4.79 Å². The third-order valence-corrected chi connectivity index (χ3v) is 4.92. The molecular formula is C22H14ClN3O3. The molecule has 6 nitrogen and oxygen atoms in total. The summed E-state index contributed by atoms with van der Waals surface area (Å²) in [6, 6.07) is 20.1. The molecule has 1 aromatic heterocycles. The van der Waals surface area contributed by atoms with E-state index in [-0.39, 0.29) is 12.4 Å². The van der Waals surface area contributed by atoms with Crippen LogP contribution in [0.5, 0.6) is 11.5 Å². The van der Waals surface area contributed by atoms with Crippen LogP contribution in [0, 0.1) is 0 Å². The SMILES string of the molecule is O=c1c2ccccc2nc(-c2ccccc2)n1N=Cc1cc2c(cc1Cl)OCO2. The van der Waals surface area contributed by atoms with Crippen LogP contribution in [-0.4, -0.2) is 22.7 Å². The lowest BCUT2D eigenvalue weighted by Crippen LogP contribution is -2.20. The summed E-state index contributed by atoms with van der Waals surface area (Å²) in [5.74, 6) is 1.62. The highest BCUT2D eigenvalue weighted by Crippen LogP contribution is 2.36. The third kappa shape index (κ3) is 3.13. The molecule has 0 aliphatic carbocycles. The van der Waals surface area contributed by atoms with E-state index in [1.165, 1.54) is 10.9 Å². The van der Waals surface area contributed by atoms with Gasteiger partial charge in [-0.1, -0.05) is 54.1 Å². The summed E-state index contributed by atoms with van der Waals surface area (Å²) >= 11 is 6.34. The molecule has 0 atom stereocenters. The van der Waals surface area contributed by atoms with E-state index in [9.17, 15) is 4.79 Å². The Morgan fingerprint density at radius 2 is 1.72 bits per heavy atom. The fourth-order valence-corrected chi connectivity index (χ4v) is 3.36. The molecule has 0 saturated heterocycles. The van der Waals surface area contributed by atoms with Crippen molar-refractivity contribution in [1.29, 1.82) is 0 Å². The van der Waals surface area contributed by atoms with E-state index in [0.717, 1.165) is 5.56 Å². The normalized spacial score (nSPS) is 12.7. The second-order valence-corrected chi connectivity index (χ2v) is 6.81. The number of rotatable bonds is 3. The summed E-state index contributed by atoms with van der Waals surface area (Å²) in [5.41, 5.74) is 1.74. The lowest BCUT2D eigenvalue weighted by molar-refractivity contribution is 0.174. The van der Waals surface area contributed by atoms with E-state index in [1.54, 1.807) is 24.3 Å². The Bertz CT molecular complexity index is 1320. The molecule has 29 heavy (non-hydrogen) atoms. The monoisotopic (exact) mass is 403 g/mol. The van der Waals surface area contributed by atoms with Crippen LogP contribution < -0.4 is 15.0 Å². The quantitative estimate of drug-likeness (QED) is 0.477. The zero-order chi connectivity index (χ0) is 19.8. The van der Waals surface area contributed by atoms with Gasteiger partial charge in [-0.15, -0.1) is 0 Å². The number of para-hydroxylation sites is 1. The maximum absolute atomic E-state index is 13.1. The molecule has 0 spiro atoms. The van der Waals surface area contributed by atoms with Crippen molar-refractivity contribution in [3.63, 3.8) is 0 Å². The van der Waals surface area contributed by atoms with Gasteiger partial charge in [0, 0.05) is 17.2 Å². The van der Waals surface area contributed by atoms with Gasteiger partial charge < -0.3 is 9.47 Å². The summed E-state index contributed by atoms with van der Waals surface area (Å²) < 4.78 is 12.0. The molecule has 2 heterocycles. The molecule has 0 N–H and O–H groups in total. The van der Waals surface area contributed by atoms with E-state index >= 15 is 0 Å². The minimum Gasteiger partial charge on any atom is -0.454 e. The fraction of sp³-hybridized carbons (Fsp3) is 0.0455. The Kier molecular flexibility index (Phi) is 4.26. The van der Waals surface area contributed by atoms with Crippen LogP contribution in [0.3, 0.4) is 0 Å². The molecule has 0 radical (unpaired) electrons. The zero-order valence-electron chi connectivity index (χ0n) is 15.1. The van der Waals surface area contributed by atoms with Gasteiger partial charge in [-0.05, 0) is 18.2 Å². The van der Waals surface area contributed by atoms with Crippen molar-refractivity contribution in [3.8, 4) is 22.9 Å². The van der Waals surface area contributed by atoms with Gasteiger partial charge in [0.15, 0.2) is 17.3 Å². The van der Waals surface area contributed by atoms with Crippen molar-refractivity contribution < 1.29 is 9.47 Å². The van der Waals surface area contributed by atoms with Crippen molar-refractivity contribution in [2.75, 3.05) is 6.79 Å². The topological polar surface area (TPSA) is 65.7 Å². The van der Waals surface area contributed by atoms with E-state index in [1.807, 2.05) is 42.5 Å². The molecule has 4 aromatic rings. The second-order valence-electron chi connectivity index (χ2n) is 6.41. The first-order chi connectivity index (χ1) is 14.2. The highest BCUT2D eigenvalue weighted by molar-refractivity contribution is 6.33. The first-order valence-corrected chi connectivity index (χ1v) is 9.29. The number of aromatic nitrogens is 2. The maximum atomic E-state index is 13.1. The summed E-state index contributed by atoms with van der Waals surface area (Å²) in [7, 11) is 0. The van der Waals surface area contributed by atoms with Crippen LogP contribution in [-0.2, 0) is 0 Å². The summed E-state index contributed by atoms with van der Waals surface area (Å²) in [6.45, 7) is 0.151. The number of ether oxygens (including phenoxy) is 2. The van der Waals surface area contributed by atoms with Crippen LogP contribution >= 0.6 is 11.6 Å². The van der Waals surface area contributed by atoms with E-state index in [0.29, 0.717) is 38.8 Å². The minimum atomic E-state index is -0.262. The van der Waals surface area contributed by atoms with Crippen LogP contribution in [0.1, 0.15) is 5.56 Å². The zero-order valence-corrected chi connectivity index (χ0v) is 15.8. The third-order valence-electron chi connectivity index (χ3n) is 4.59. The lowest BCUT2D eigenvalue weighted by Gasteiger charge is -2.09. The molecule has 142 valence electrons. The molecule has 7 heteroatoms. The molecule has 0 bridgehead atoms. The summed E-state index contributed by atoms with van der Waals surface area (Å²) in [5, 5.41) is 5.36. The standard InChI is InChI=1S/C22H14ClN3O3/c23-17-11-20-19(28-13-29-20)10-15(17)12-24-26-21(14-6-2-1-3-7-14)25-18-9-5-4-8-16(18)22(26)27/h1-12H,13H2. The average molecular weight is 404 g/mol. The van der Waals surface area contributed by atoms with Crippen molar-refractivity contribution >= 4 is 28.7 Å². The number of halogens is 1. The summed E-state index contributed by atoms with van der Waals surface area (Å²) in [4.78, 5) is 17.8. The molecule has 1 aliphatic rings. The van der Waals surface area contributed by atoms with Gasteiger partial charge in [0.2, 0.25) is 6.79 Å². The molecule has 0 fully saturated rings. The second kappa shape index (κ2) is 7.07. The minimum absolute atomic E-state index is 0.151. The van der Waals surface area contributed by atoms with Crippen molar-refractivity contribution in [3.05, 3.63) is 87.7 Å². The maximum Gasteiger partial charge on any atom is 0.282 e. The lowest BCUT2D eigenvalue weighted by atomic mass is 10.2. The highest BCUT2D eigenvalue weighted by atomic mass is 35.5. The van der Waals surface area contributed by atoms with E-state index < -0.39 is 0 Å². The van der Waals surface area contributed by atoms with Crippen molar-refractivity contribution in [2.45, 2.75) is 0 Å². The van der Waals surface area contributed by atoms with Gasteiger partial charge in [0.25, 0.3) is 5.56 Å². The molecule has 1 aliphatic heterocycles. The van der Waals surface area contributed by atoms with Crippen LogP contribution in [0.2, 0.25) is 5.02 Å². The van der Waals surface area contributed by atoms with Gasteiger partial charge in [0.05, 0.1) is 22.1 Å². The fourth-order valence-electron chi connectivity index (χ4n) is 3.16. The van der Waals surface area contributed by atoms with Crippen LogP contribution in [0.15, 0.2) is 76.6 Å². The number of fused-ring (bicyclic) bond motifs is 2. The molecule has 0 unspecified atom stereocenters. The van der Waals surface area contributed by atoms with E-state index in [2.05, 4.69) is 10.1 Å². The van der Waals surface area contributed by atoms with Crippen LogP contribution in [0.25, 0.3) is 22.3 Å². The van der Waals surface area contributed by atoms with Gasteiger partial charge in [-0.2, -0.15) is 9.78 Å². The Balaban J connectivity index is 1.69. The Hall–Kier alpha value is -3.64. The predicted molar refractivity (Wildman–Crippen MR) is 112 cm³/mol. The molecule has 0 saturated carbocycles. The van der Waals surface area contributed by atoms with Gasteiger partial charge in [-0.25, -0.2) is 4.98 Å². The Labute approximate surface area is 170 Å². The molecule has 3 aromatic carbocycles. The first-order valence-electron chi connectivity index (χ1n) is 8.91. The average Bonchev–Trinajstić information content (AvgIpc) is 3.20. The first kappa shape index (κ1) is 17.5. The van der Waals surface area contributed by atoms with E-state index in [4.69, 9.17) is 21.1 Å². The predicted octanol–water partition coefficient (Wildman–Crippen LogP) is 4.33. The van der Waals surface area contributed by atoms with Crippen molar-refractivity contribution in [1.82, 2.24) is 9.66 Å². The molecule has 0 amide bonds. The number of benzene rings is 3. The smallest absolute Gasteiger partial charge is 0.282 e. The largest absolute Gasteiger partial charge is 0.454 e. The van der Waals surface area contributed by atoms with Crippen LogP contribution in [0.4, 0.5) is 0 Å². The summed E-state index contributed by atoms with van der Waals surface area (Å²) in [6.07, 6.45) is 1.52. The number of nitrogens with zero attached hydrogens (tertiary/aromatic N) is 3. The van der Waals surface area contributed by atoms with Gasteiger partial charge in [0.1, 0.15) is 0 Å².